The second-order valence-corrected chi connectivity index (χ2v) is 6.99. The van der Waals surface area contributed by atoms with Crippen molar-refractivity contribution in [1.29, 1.82) is 0 Å². The Labute approximate surface area is 171 Å². The third kappa shape index (κ3) is 4.00. The van der Waals surface area contributed by atoms with Crippen LogP contribution >= 0.6 is 11.6 Å². The minimum absolute atomic E-state index is 0.00964. The molecule has 1 aliphatic rings. The lowest BCUT2D eigenvalue weighted by Gasteiger charge is -2.34. The molecule has 3 rings (SSSR count). The molecule has 1 heterocycles. The number of carboxylic acid groups (broad SMARTS) is 2. The number of alkyl halides is 3. The molecule has 1 atom stereocenters. The lowest BCUT2D eigenvalue weighted by molar-refractivity contribution is -0.151. The van der Waals surface area contributed by atoms with Crippen LogP contribution < -0.4 is 9.47 Å². The number of benzene rings is 2. The zero-order valence-corrected chi connectivity index (χ0v) is 15.7. The van der Waals surface area contributed by atoms with Crippen LogP contribution in [0.2, 0.25) is 5.02 Å². The molecule has 160 valence electrons. The van der Waals surface area contributed by atoms with Crippen LogP contribution in [0.5, 0.6) is 17.2 Å². The molecular formula is C19H13ClF4O6. The Balaban J connectivity index is 2.04. The largest absolute Gasteiger partial charge is 0.493 e. The number of carboxylic acids is 2. The molecule has 6 nitrogen and oxygen atoms in total. The summed E-state index contributed by atoms with van der Waals surface area (Å²) >= 11 is 5.75. The van der Waals surface area contributed by atoms with Crippen molar-refractivity contribution < 1.29 is 46.8 Å². The van der Waals surface area contributed by atoms with Crippen LogP contribution in [0, 0.1) is 5.82 Å². The molecule has 0 amide bonds. The predicted molar refractivity (Wildman–Crippen MR) is 94.6 cm³/mol. The monoisotopic (exact) mass is 448 g/mol. The van der Waals surface area contributed by atoms with Crippen LogP contribution in [0.15, 0.2) is 30.3 Å². The number of halogens is 5. The molecule has 0 saturated carbocycles. The summed E-state index contributed by atoms with van der Waals surface area (Å²) in [7, 11) is 0. The number of rotatable bonds is 5. The topological polar surface area (TPSA) is 93.1 Å². The van der Waals surface area contributed by atoms with Gasteiger partial charge < -0.3 is 19.7 Å². The molecule has 0 bridgehead atoms. The van der Waals surface area contributed by atoms with Crippen molar-refractivity contribution in [3.8, 4) is 17.2 Å². The molecule has 2 aromatic carbocycles. The number of fused-ring (bicyclic) bond motifs is 1. The number of carbonyl (C=O) groups is 2. The van der Waals surface area contributed by atoms with E-state index in [2.05, 4.69) is 0 Å². The van der Waals surface area contributed by atoms with Crippen molar-refractivity contribution in [2.45, 2.75) is 24.4 Å². The summed E-state index contributed by atoms with van der Waals surface area (Å²) in [4.78, 5) is 23.2. The van der Waals surface area contributed by atoms with Gasteiger partial charge in [-0.15, -0.1) is 0 Å². The van der Waals surface area contributed by atoms with Crippen LogP contribution in [0.3, 0.4) is 0 Å². The first-order valence-corrected chi connectivity index (χ1v) is 8.78. The van der Waals surface area contributed by atoms with Gasteiger partial charge in [0.2, 0.25) is 0 Å². The number of hydrogen-bond donors (Lipinski definition) is 2. The van der Waals surface area contributed by atoms with Gasteiger partial charge in [-0.3, -0.25) is 9.59 Å². The third-order valence-electron chi connectivity index (χ3n) is 4.66. The van der Waals surface area contributed by atoms with Gasteiger partial charge in [-0.2, -0.15) is 13.2 Å². The van der Waals surface area contributed by atoms with Gasteiger partial charge in [-0.1, -0.05) is 11.6 Å². The van der Waals surface area contributed by atoms with Gasteiger partial charge in [0.25, 0.3) is 0 Å². The van der Waals surface area contributed by atoms with Crippen LogP contribution in [0.25, 0.3) is 0 Å². The highest BCUT2D eigenvalue weighted by Gasteiger charge is 2.47. The second kappa shape index (κ2) is 7.67. The van der Waals surface area contributed by atoms with E-state index in [-0.39, 0.29) is 36.2 Å². The van der Waals surface area contributed by atoms with Crippen molar-refractivity contribution >= 4 is 23.5 Å². The van der Waals surface area contributed by atoms with E-state index in [4.69, 9.17) is 21.1 Å². The van der Waals surface area contributed by atoms with Crippen LogP contribution in [-0.2, 0) is 21.2 Å². The van der Waals surface area contributed by atoms with Crippen molar-refractivity contribution in [3.05, 3.63) is 52.3 Å². The molecule has 1 unspecified atom stereocenters. The standard InChI is InChI=1S/C19H13ClF4O6/c20-12-5-9(19(22,23)24)6-13(21)16(12)30-10-1-2-14-11(7-10)18(17(27)28,3-4-29-14)8-15(25)26/h1-2,5-7H,3-4,8H2,(H,25,26)(H,27,28). The highest BCUT2D eigenvalue weighted by Crippen LogP contribution is 2.45. The van der Waals surface area contributed by atoms with Crippen molar-refractivity contribution in [1.82, 2.24) is 0 Å². The van der Waals surface area contributed by atoms with Gasteiger partial charge in [-0.05, 0) is 30.3 Å². The molecule has 0 radical (unpaired) electrons. The zero-order chi connectivity index (χ0) is 22.3. The smallest absolute Gasteiger partial charge is 0.416 e. The first-order valence-electron chi connectivity index (χ1n) is 8.40. The quantitative estimate of drug-likeness (QED) is 0.634. The fraction of sp³-hybridized carbons (Fsp3) is 0.263. The summed E-state index contributed by atoms with van der Waals surface area (Å²) in [6.07, 6.45) is -5.69. The summed E-state index contributed by atoms with van der Waals surface area (Å²) < 4.78 is 63.2. The predicted octanol–water partition coefficient (Wildman–Crippen LogP) is 4.87. The van der Waals surface area contributed by atoms with Gasteiger partial charge in [-0.25, -0.2) is 4.39 Å². The Morgan fingerprint density at radius 3 is 2.47 bits per heavy atom. The van der Waals surface area contributed by atoms with Gasteiger partial charge in [0, 0.05) is 12.0 Å². The lowest BCUT2D eigenvalue weighted by Crippen LogP contribution is -2.42. The third-order valence-corrected chi connectivity index (χ3v) is 4.94. The Bertz CT molecular complexity index is 1000. The number of aliphatic carboxylic acids is 2. The minimum Gasteiger partial charge on any atom is -0.493 e. The van der Waals surface area contributed by atoms with Crippen LogP contribution in [0.1, 0.15) is 24.0 Å². The molecule has 0 aromatic heterocycles. The molecular weight excluding hydrogens is 436 g/mol. The average molecular weight is 449 g/mol. The van der Waals surface area contributed by atoms with Gasteiger partial charge in [0.05, 0.1) is 23.6 Å². The molecule has 2 aromatic rings. The maximum Gasteiger partial charge on any atom is 0.416 e. The summed E-state index contributed by atoms with van der Waals surface area (Å²) in [6, 6.07) is 4.44. The normalized spacial score (nSPS) is 18.3. The zero-order valence-electron chi connectivity index (χ0n) is 14.9. The van der Waals surface area contributed by atoms with E-state index in [0.717, 1.165) is 6.07 Å². The van der Waals surface area contributed by atoms with E-state index >= 15 is 0 Å². The highest BCUT2D eigenvalue weighted by atomic mass is 35.5. The van der Waals surface area contributed by atoms with E-state index in [9.17, 15) is 37.4 Å². The Morgan fingerprint density at radius 2 is 1.90 bits per heavy atom. The lowest BCUT2D eigenvalue weighted by atomic mass is 9.73. The SMILES string of the molecule is O=C(O)CC1(C(=O)O)CCOc2ccc(Oc3c(F)cc(C(F)(F)F)cc3Cl)cc21. The first kappa shape index (κ1) is 21.7. The maximum absolute atomic E-state index is 14.2. The number of ether oxygens (including phenoxy) is 2. The van der Waals surface area contributed by atoms with Gasteiger partial charge in [0.1, 0.15) is 16.9 Å². The molecule has 1 aliphatic heterocycles. The van der Waals surface area contributed by atoms with E-state index in [0.29, 0.717) is 6.07 Å². The van der Waals surface area contributed by atoms with Crippen molar-refractivity contribution in [2.24, 2.45) is 0 Å². The average Bonchev–Trinajstić information content (AvgIpc) is 2.63. The van der Waals surface area contributed by atoms with E-state index < -0.39 is 52.1 Å². The van der Waals surface area contributed by atoms with Crippen molar-refractivity contribution in [2.75, 3.05) is 6.61 Å². The fourth-order valence-electron chi connectivity index (χ4n) is 3.22. The van der Waals surface area contributed by atoms with Crippen molar-refractivity contribution in [3.63, 3.8) is 0 Å². The van der Waals surface area contributed by atoms with Crippen LogP contribution in [0.4, 0.5) is 17.6 Å². The Hall–Kier alpha value is -3.01. The molecule has 0 spiro atoms. The highest BCUT2D eigenvalue weighted by molar-refractivity contribution is 6.32. The van der Waals surface area contributed by atoms with Crippen LogP contribution in [-0.4, -0.2) is 28.8 Å². The molecule has 2 N–H and O–H groups in total. The van der Waals surface area contributed by atoms with E-state index in [1.165, 1.54) is 12.1 Å². The number of hydrogen-bond acceptors (Lipinski definition) is 4. The fourth-order valence-corrected chi connectivity index (χ4v) is 3.47. The first-order chi connectivity index (χ1) is 13.9. The molecule has 0 aliphatic carbocycles. The Kier molecular flexibility index (Phi) is 5.55. The second-order valence-electron chi connectivity index (χ2n) is 6.58. The van der Waals surface area contributed by atoms with E-state index in [1.54, 1.807) is 0 Å². The molecule has 30 heavy (non-hydrogen) atoms. The summed E-state index contributed by atoms with van der Waals surface area (Å²) in [6.45, 7) is -0.0356. The Morgan fingerprint density at radius 1 is 1.20 bits per heavy atom. The maximum atomic E-state index is 14.2. The molecule has 11 heteroatoms. The van der Waals surface area contributed by atoms with Gasteiger partial charge in [0.15, 0.2) is 11.6 Å². The summed E-state index contributed by atoms with van der Waals surface area (Å²) in [5.74, 6) is -4.87. The minimum atomic E-state index is -4.82. The summed E-state index contributed by atoms with van der Waals surface area (Å²) in [5.41, 5.74) is -3.13. The van der Waals surface area contributed by atoms with Gasteiger partial charge >= 0.3 is 18.1 Å². The molecule has 0 fully saturated rings. The summed E-state index contributed by atoms with van der Waals surface area (Å²) in [5, 5.41) is 18.2. The molecule has 0 saturated heterocycles. The van der Waals surface area contributed by atoms with E-state index in [1.807, 2.05) is 0 Å².